The smallest absolute Gasteiger partial charge is 0.227 e. The van der Waals surface area contributed by atoms with Crippen molar-refractivity contribution >= 4 is 24.0 Å². The summed E-state index contributed by atoms with van der Waals surface area (Å²) in [6.45, 7) is 3.77. The highest BCUT2D eigenvalue weighted by Gasteiger charge is 2.21. The summed E-state index contributed by atoms with van der Waals surface area (Å²) < 4.78 is 5.26. The minimum absolute atomic E-state index is 0. The van der Waals surface area contributed by atoms with E-state index in [-0.39, 0.29) is 24.4 Å². The number of hydrogen-bond donors (Lipinski definition) is 1. The first-order valence-electron chi connectivity index (χ1n) is 8.44. The highest BCUT2D eigenvalue weighted by Crippen LogP contribution is 2.23. The van der Waals surface area contributed by atoms with Crippen LogP contribution in [-0.2, 0) is 11.3 Å². The second-order valence-electron chi connectivity index (χ2n) is 6.19. The fourth-order valence-corrected chi connectivity index (χ4v) is 3.04. The molecule has 2 aromatic carbocycles. The standard InChI is InChI=1S/C20H24N2O2.ClH/c1-15(21-14-16-5-3-6-19(13-16)24-2)17-8-10-18(11-9-17)22-12-4-7-20(22)23;/h3,5-6,8-11,13,15,21H,4,7,12,14H2,1-2H3;1H. The molecule has 0 saturated carbocycles. The largest absolute Gasteiger partial charge is 0.497 e. The average molecular weight is 361 g/mol. The van der Waals surface area contributed by atoms with Gasteiger partial charge in [0.2, 0.25) is 5.91 Å². The molecular weight excluding hydrogens is 336 g/mol. The van der Waals surface area contributed by atoms with Crippen LogP contribution in [0, 0.1) is 0 Å². The number of halogens is 1. The molecule has 2 aromatic rings. The minimum atomic E-state index is 0. The van der Waals surface area contributed by atoms with Gasteiger partial charge in [-0.25, -0.2) is 0 Å². The van der Waals surface area contributed by atoms with Gasteiger partial charge < -0.3 is 15.0 Å². The van der Waals surface area contributed by atoms with Crippen molar-refractivity contribution in [2.45, 2.75) is 32.4 Å². The van der Waals surface area contributed by atoms with Gasteiger partial charge in [0.25, 0.3) is 0 Å². The number of rotatable bonds is 6. The average Bonchev–Trinajstić information content (AvgIpc) is 3.06. The summed E-state index contributed by atoms with van der Waals surface area (Å²) in [5.74, 6) is 1.11. The maximum Gasteiger partial charge on any atom is 0.227 e. The third-order valence-electron chi connectivity index (χ3n) is 4.52. The molecule has 0 bridgehead atoms. The van der Waals surface area contributed by atoms with E-state index in [2.05, 4.69) is 30.4 Å². The number of amides is 1. The fourth-order valence-electron chi connectivity index (χ4n) is 3.04. The number of carbonyl (C=O) groups excluding carboxylic acids is 1. The predicted molar refractivity (Wildman–Crippen MR) is 104 cm³/mol. The van der Waals surface area contributed by atoms with Crippen LogP contribution in [-0.4, -0.2) is 19.6 Å². The zero-order valence-corrected chi connectivity index (χ0v) is 15.5. The summed E-state index contributed by atoms with van der Waals surface area (Å²) in [5.41, 5.74) is 3.41. The van der Waals surface area contributed by atoms with Gasteiger partial charge in [-0.15, -0.1) is 12.4 Å². The number of anilines is 1. The third kappa shape index (κ3) is 4.74. The zero-order chi connectivity index (χ0) is 16.9. The van der Waals surface area contributed by atoms with E-state index in [0.717, 1.165) is 30.9 Å². The molecular formula is C20H25ClN2O2. The summed E-state index contributed by atoms with van der Waals surface area (Å²) in [7, 11) is 1.68. The van der Waals surface area contributed by atoms with E-state index in [1.165, 1.54) is 11.1 Å². The molecule has 1 heterocycles. The lowest BCUT2D eigenvalue weighted by Gasteiger charge is -2.18. The van der Waals surface area contributed by atoms with E-state index >= 15 is 0 Å². The van der Waals surface area contributed by atoms with Gasteiger partial charge in [-0.05, 0) is 48.7 Å². The molecule has 0 radical (unpaired) electrons. The molecule has 134 valence electrons. The van der Waals surface area contributed by atoms with Gasteiger partial charge in [-0.3, -0.25) is 4.79 Å². The molecule has 3 rings (SSSR count). The summed E-state index contributed by atoms with van der Waals surface area (Å²) in [6, 6.07) is 16.6. The van der Waals surface area contributed by atoms with E-state index in [9.17, 15) is 4.79 Å². The lowest BCUT2D eigenvalue weighted by atomic mass is 10.1. The molecule has 1 aliphatic heterocycles. The number of nitrogens with zero attached hydrogens (tertiary/aromatic N) is 1. The van der Waals surface area contributed by atoms with Crippen LogP contribution in [0.2, 0.25) is 0 Å². The van der Waals surface area contributed by atoms with Crippen LogP contribution >= 0.6 is 12.4 Å². The first-order valence-corrected chi connectivity index (χ1v) is 8.44. The Labute approximate surface area is 155 Å². The van der Waals surface area contributed by atoms with Crippen LogP contribution < -0.4 is 15.0 Å². The Morgan fingerprint density at radius 1 is 1.20 bits per heavy atom. The molecule has 1 N–H and O–H groups in total. The minimum Gasteiger partial charge on any atom is -0.497 e. The van der Waals surface area contributed by atoms with Gasteiger partial charge in [0.1, 0.15) is 5.75 Å². The number of ether oxygens (including phenoxy) is 1. The summed E-state index contributed by atoms with van der Waals surface area (Å²) in [6.07, 6.45) is 1.62. The van der Waals surface area contributed by atoms with Crippen LogP contribution in [0.5, 0.6) is 5.75 Å². The van der Waals surface area contributed by atoms with Crippen LogP contribution in [0.4, 0.5) is 5.69 Å². The highest BCUT2D eigenvalue weighted by atomic mass is 35.5. The van der Waals surface area contributed by atoms with Crippen LogP contribution in [0.25, 0.3) is 0 Å². The van der Waals surface area contributed by atoms with Gasteiger partial charge >= 0.3 is 0 Å². The zero-order valence-electron chi connectivity index (χ0n) is 14.7. The van der Waals surface area contributed by atoms with Gasteiger partial charge in [0.15, 0.2) is 0 Å². The van der Waals surface area contributed by atoms with Gasteiger partial charge in [0.05, 0.1) is 7.11 Å². The van der Waals surface area contributed by atoms with Crippen LogP contribution in [0.1, 0.15) is 36.9 Å². The van der Waals surface area contributed by atoms with Gasteiger partial charge in [-0.1, -0.05) is 24.3 Å². The SMILES string of the molecule is COc1cccc(CNC(C)c2ccc(N3CCCC3=O)cc2)c1.Cl. The molecule has 0 aromatic heterocycles. The summed E-state index contributed by atoms with van der Waals surface area (Å²) in [4.78, 5) is 13.7. The van der Waals surface area contributed by atoms with Crippen LogP contribution in [0.3, 0.4) is 0 Å². The second-order valence-corrected chi connectivity index (χ2v) is 6.19. The van der Waals surface area contributed by atoms with Crippen molar-refractivity contribution in [1.82, 2.24) is 5.32 Å². The van der Waals surface area contributed by atoms with E-state index in [4.69, 9.17) is 4.74 Å². The molecule has 0 spiro atoms. The first-order chi connectivity index (χ1) is 11.7. The van der Waals surface area contributed by atoms with Crippen molar-refractivity contribution in [3.63, 3.8) is 0 Å². The quantitative estimate of drug-likeness (QED) is 0.843. The van der Waals surface area contributed by atoms with Gasteiger partial charge in [-0.2, -0.15) is 0 Å². The Kier molecular flexibility index (Phi) is 6.85. The van der Waals surface area contributed by atoms with E-state index < -0.39 is 0 Å². The molecule has 1 aliphatic rings. The lowest BCUT2D eigenvalue weighted by Crippen LogP contribution is -2.23. The molecule has 4 nitrogen and oxygen atoms in total. The maximum atomic E-state index is 11.8. The maximum absolute atomic E-state index is 11.8. The number of carbonyl (C=O) groups is 1. The van der Waals surface area contributed by atoms with Crippen molar-refractivity contribution in [2.75, 3.05) is 18.6 Å². The van der Waals surface area contributed by atoms with Crippen molar-refractivity contribution in [2.24, 2.45) is 0 Å². The molecule has 1 saturated heterocycles. The van der Waals surface area contributed by atoms with Gasteiger partial charge in [0, 0.05) is 31.2 Å². The predicted octanol–water partition coefficient (Wildman–Crippen LogP) is 4.09. The Balaban J connectivity index is 0.00000225. The topological polar surface area (TPSA) is 41.6 Å². The van der Waals surface area contributed by atoms with E-state index in [1.54, 1.807) is 7.11 Å². The highest BCUT2D eigenvalue weighted by molar-refractivity contribution is 5.95. The molecule has 1 fully saturated rings. The first kappa shape index (κ1) is 19.3. The van der Waals surface area contributed by atoms with Crippen molar-refractivity contribution in [3.05, 3.63) is 59.7 Å². The molecule has 1 unspecified atom stereocenters. The molecule has 0 aliphatic carbocycles. The molecule has 1 amide bonds. The van der Waals surface area contributed by atoms with E-state index in [0.29, 0.717) is 6.42 Å². The lowest BCUT2D eigenvalue weighted by molar-refractivity contribution is -0.117. The molecule has 25 heavy (non-hydrogen) atoms. The summed E-state index contributed by atoms with van der Waals surface area (Å²) >= 11 is 0. The molecule has 5 heteroatoms. The fraction of sp³-hybridized carbons (Fsp3) is 0.350. The van der Waals surface area contributed by atoms with Crippen LogP contribution in [0.15, 0.2) is 48.5 Å². The van der Waals surface area contributed by atoms with Crippen molar-refractivity contribution < 1.29 is 9.53 Å². The number of nitrogens with one attached hydrogen (secondary N) is 1. The normalized spacial score (nSPS) is 15.0. The number of methoxy groups -OCH3 is 1. The third-order valence-corrected chi connectivity index (χ3v) is 4.52. The Morgan fingerprint density at radius 2 is 1.96 bits per heavy atom. The number of hydrogen-bond acceptors (Lipinski definition) is 3. The molecule has 1 atom stereocenters. The Morgan fingerprint density at radius 3 is 2.60 bits per heavy atom. The Bertz CT molecular complexity index is 703. The number of benzene rings is 2. The van der Waals surface area contributed by atoms with Crippen molar-refractivity contribution in [1.29, 1.82) is 0 Å². The van der Waals surface area contributed by atoms with Crippen molar-refractivity contribution in [3.8, 4) is 5.75 Å². The van der Waals surface area contributed by atoms with E-state index in [1.807, 2.05) is 35.2 Å². The second kappa shape index (κ2) is 8.88. The summed E-state index contributed by atoms with van der Waals surface area (Å²) in [5, 5.41) is 3.53. The Hall–Kier alpha value is -2.04. The monoisotopic (exact) mass is 360 g/mol.